The van der Waals surface area contributed by atoms with Gasteiger partial charge in [0.05, 0.1) is 49.1 Å². The van der Waals surface area contributed by atoms with E-state index in [2.05, 4.69) is 52.4 Å². The number of ether oxygens (including phenoxy) is 1. The fourth-order valence-corrected chi connectivity index (χ4v) is 8.74. The minimum Gasteiger partial charge on any atom is -0.372 e. The molecule has 0 unspecified atom stereocenters. The normalized spacial score (nSPS) is 17.9. The summed E-state index contributed by atoms with van der Waals surface area (Å²) in [6.07, 6.45) is 7.38. The van der Waals surface area contributed by atoms with Crippen LogP contribution >= 0.6 is 0 Å². The van der Waals surface area contributed by atoms with Gasteiger partial charge in [-0.2, -0.15) is 0 Å². The van der Waals surface area contributed by atoms with Crippen molar-refractivity contribution in [2.24, 2.45) is 0 Å². The van der Waals surface area contributed by atoms with Crippen molar-refractivity contribution in [3.8, 4) is 22.5 Å². The summed E-state index contributed by atoms with van der Waals surface area (Å²) in [5.41, 5.74) is 8.03. The molecule has 4 heterocycles. The van der Waals surface area contributed by atoms with Gasteiger partial charge in [-0.05, 0) is 93.3 Å². The summed E-state index contributed by atoms with van der Waals surface area (Å²) in [5, 5.41) is 0. The number of carbonyl (C=O) groups is 2. The topological polar surface area (TPSA) is 114 Å². The summed E-state index contributed by atoms with van der Waals surface area (Å²) >= 11 is 0. The molecule has 4 aromatic carbocycles. The summed E-state index contributed by atoms with van der Waals surface area (Å²) in [5.74, 6) is 1.85. The number of nitrogens with zero attached hydrogens (tertiary/aromatic N) is 6. The van der Waals surface area contributed by atoms with Gasteiger partial charge in [0.2, 0.25) is 11.8 Å². The highest BCUT2D eigenvalue weighted by Crippen LogP contribution is 2.37. The van der Waals surface area contributed by atoms with Gasteiger partial charge in [0, 0.05) is 13.1 Å². The smallest absolute Gasteiger partial charge is 0.245 e. The Balaban J connectivity index is 0.865. The van der Waals surface area contributed by atoms with Crippen molar-refractivity contribution in [3.05, 3.63) is 155 Å². The highest BCUT2D eigenvalue weighted by molar-refractivity contribution is 5.84. The van der Waals surface area contributed by atoms with Gasteiger partial charge in [0.15, 0.2) is 0 Å². The number of rotatable bonds is 14. The van der Waals surface area contributed by atoms with Gasteiger partial charge in [0.25, 0.3) is 0 Å². The van der Waals surface area contributed by atoms with Gasteiger partial charge in [-0.1, -0.05) is 103 Å². The number of H-pyrrole nitrogens is 2. The van der Waals surface area contributed by atoms with Gasteiger partial charge in [-0.3, -0.25) is 19.4 Å². The molecule has 4 atom stereocenters. The summed E-state index contributed by atoms with van der Waals surface area (Å²) in [4.78, 5) is 52.4. The van der Waals surface area contributed by atoms with Crippen molar-refractivity contribution in [3.63, 3.8) is 0 Å². The summed E-state index contributed by atoms with van der Waals surface area (Å²) in [6, 6.07) is 35.8. The first-order valence-corrected chi connectivity index (χ1v) is 20.6. The molecular formula is C48H54N8O3. The van der Waals surface area contributed by atoms with Gasteiger partial charge in [0.1, 0.15) is 23.7 Å². The first-order chi connectivity index (χ1) is 28.7. The lowest BCUT2D eigenvalue weighted by Crippen LogP contribution is -2.40. The van der Waals surface area contributed by atoms with Crippen molar-refractivity contribution in [1.29, 1.82) is 0 Å². The maximum Gasteiger partial charge on any atom is 0.245 e. The van der Waals surface area contributed by atoms with Crippen LogP contribution in [0.2, 0.25) is 0 Å². The molecule has 0 aliphatic carbocycles. The molecule has 2 saturated heterocycles. The first kappa shape index (κ1) is 39.9. The Morgan fingerprint density at radius 1 is 0.627 bits per heavy atom. The number of imidazole rings is 2. The number of benzene rings is 4. The second-order valence-corrected chi connectivity index (χ2v) is 16.2. The fourth-order valence-electron chi connectivity index (χ4n) is 8.74. The molecule has 0 radical (unpaired) electrons. The quantitative estimate of drug-likeness (QED) is 0.115. The fraction of sp³-hybridized carbons (Fsp3) is 0.333. The SMILES string of the molecule is CN(C)[C@@H](C(=O)N1CCC[C@H]1c1ncc(-c2ccc(COCc3cccc(-c4cnc([C@@H]5CCCN5C(=O)[C@@H](c5ccccc5)N(C)C)[nH]4)c3)cc2)[nH]1)c1ccccc1. The number of aromatic amines is 2. The van der Waals surface area contributed by atoms with Crippen LogP contribution in [0.1, 0.15) is 83.8 Å². The van der Waals surface area contributed by atoms with Crippen molar-refractivity contribution in [2.45, 2.75) is 63.1 Å². The van der Waals surface area contributed by atoms with E-state index in [1.807, 2.05) is 127 Å². The number of amides is 2. The molecule has 2 amide bonds. The number of hydrogen-bond donors (Lipinski definition) is 2. The van der Waals surface area contributed by atoms with Crippen molar-refractivity contribution in [1.82, 2.24) is 39.5 Å². The number of carbonyl (C=O) groups excluding carboxylic acids is 2. The first-order valence-electron chi connectivity index (χ1n) is 20.6. The molecule has 11 nitrogen and oxygen atoms in total. The molecule has 2 fully saturated rings. The third kappa shape index (κ3) is 8.78. The number of aromatic nitrogens is 4. The molecule has 59 heavy (non-hydrogen) atoms. The zero-order chi connectivity index (χ0) is 40.9. The van der Waals surface area contributed by atoms with Gasteiger partial charge >= 0.3 is 0 Å². The summed E-state index contributed by atoms with van der Waals surface area (Å²) in [7, 11) is 7.83. The van der Waals surface area contributed by atoms with Crippen LogP contribution in [0, 0.1) is 0 Å². The largest absolute Gasteiger partial charge is 0.372 e. The van der Waals surface area contributed by atoms with E-state index >= 15 is 0 Å². The van der Waals surface area contributed by atoms with E-state index in [0.717, 1.165) is 88.6 Å². The lowest BCUT2D eigenvalue weighted by Gasteiger charge is -2.31. The maximum absolute atomic E-state index is 13.9. The third-order valence-electron chi connectivity index (χ3n) is 11.7. The van der Waals surface area contributed by atoms with E-state index in [9.17, 15) is 9.59 Å². The lowest BCUT2D eigenvalue weighted by atomic mass is 10.0. The molecule has 2 aromatic heterocycles. The Kier molecular flexibility index (Phi) is 12.1. The zero-order valence-electron chi connectivity index (χ0n) is 34.4. The Bertz CT molecular complexity index is 2320. The number of likely N-dealkylation sites (tertiary alicyclic amines) is 2. The van der Waals surface area contributed by atoms with Crippen LogP contribution < -0.4 is 0 Å². The van der Waals surface area contributed by atoms with E-state index in [0.29, 0.717) is 19.8 Å². The second-order valence-electron chi connectivity index (χ2n) is 16.2. The second kappa shape index (κ2) is 17.9. The maximum atomic E-state index is 13.9. The molecule has 2 N–H and O–H groups in total. The molecule has 0 saturated carbocycles. The number of nitrogens with one attached hydrogen (secondary N) is 2. The van der Waals surface area contributed by atoms with Gasteiger partial charge < -0.3 is 24.5 Å². The molecule has 6 aromatic rings. The monoisotopic (exact) mass is 790 g/mol. The molecule has 304 valence electrons. The number of likely N-dealkylation sites (N-methyl/N-ethyl adjacent to an activating group) is 2. The van der Waals surface area contributed by atoms with Crippen LogP contribution in [0.4, 0.5) is 0 Å². The average molecular weight is 791 g/mol. The standard InChI is InChI=1S/C48H54N8O3/c1-53(2)43(36-15-7-5-8-16-36)47(57)55-26-12-20-41(55)45-49-29-39(51-45)35-24-22-33(23-25-35)31-59-32-34-14-11-19-38(28-34)40-30-50-46(52-40)42-21-13-27-56(42)48(58)44(54(3)4)37-17-9-6-10-18-37/h5-11,14-19,22-25,28-30,41-44H,12-13,20-21,26-27,31-32H2,1-4H3,(H,49,51)(H,50,52)/t41-,42-,43+,44+/m0/s1. The van der Waals surface area contributed by atoms with Crippen LogP contribution in [0.15, 0.2) is 122 Å². The summed E-state index contributed by atoms with van der Waals surface area (Å²) in [6.45, 7) is 2.37. The van der Waals surface area contributed by atoms with E-state index in [4.69, 9.17) is 14.7 Å². The minimum absolute atomic E-state index is 0.0846. The average Bonchev–Trinajstić information content (AvgIpc) is 4.09. The molecule has 2 aliphatic heterocycles. The van der Waals surface area contributed by atoms with E-state index < -0.39 is 0 Å². The van der Waals surface area contributed by atoms with Crippen molar-refractivity contribution >= 4 is 11.8 Å². The lowest BCUT2D eigenvalue weighted by molar-refractivity contribution is -0.138. The van der Waals surface area contributed by atoms with Crippen LogP contribution in [-0.4, -0.2) is 92.6 Å². The van der Waals surface area contributed by atoms with Crippen molar-refractivity contribution in [2.75, 3.05) is 41.3 Å². The summed E-state index contributed by atoms with van der Waals surface area (Å²) < 4.78 is 6.19. The zero-order valence-corrected chi connectivity index (χ0v) is 34.4. The van der Waals surface area contributed by atoms with E-state index in [-0.39, 0.29) is 36.0 Å². The van der Waals surface area contributed by atoms with Crippen LogP contribution in [-0.2, 0) is 27.5 Å². The molecule has 2 aliphatic rings. The molecular weight excluding hydrogens is 737 g/mol. The highest BCUT2D eigenvalue weighted by Gasteiger charge is 2.38. The van der Waals surface area contributed by atoms with E-state index in [1.165, 1.54) is 0 Å². The molecule has 0 spiro atoms. The van der Waals surface area contributed by atoms with Gasteiger partial charge in [-0.15, -0.1) is 0 Å². The Labute approximate surface area is 347 Å². The van der Waals surface area contributed by atoms with E-state index in [1.54, 1.807) is 0 Å². The van der Waals surface area contributed by atoms with Crippen molar-refractivity contribution < 1.29 is 14.3 Å². The predicted molar refractivity (Wildman–Crippen MR) is 230 cm³/mol. The van der Waals surface area contributed by atoms with Crippen LogP contribution in [0.25, 0.3) is 22.5 Å². The number of hydrogen-bond acceptors (Lipinski definition) is 7. The molecule has 11 heteroatoms. The van der Waals surface area contributed by atoms with Gasteiger partial charge in [-0.25, -0.2) is 9.97 Å². The minimum atomic E-state index is -0.347. The third-order valence-corrected chi connectivity index (χ3v) is 11.7. The Hall–Kier alpha value is -5.88. The Morgan fingerprint density at radius 3 is 1.63 bits per heavy atom. The molecule has 8 rings (SSSR count). The highest BCUT2D eigenvalue weighted by atomic mass is 16.5. The molecule has 0 bridgehead atoms. The van der Waals surface area contributed by atoms with Crippen LogP contribution in [0.3, 0.4) is 0 Å². The Morgan fingerprint density at radius 2 is 1.12 bits per heavy atom. The predicted octanol–water partition coefficient (Wildman–Crippen LogP) is 8.12. The van der Waals surface area contributed by atoms with Crippen LogP contribution in [0.5, 0.6) is 0 Å².